The number of halogens is 1. The predicted octanol–water partition coefficient (Wildman–Crippen LogP) is 3.65. The summed E-state index contributed by atoms with van der Waals surface area (Å²) in [6.45, 7) is 0. The van der Waals surface area contributed by atoms with Gasteiger partial charge in [-0.1, -0.05) is 30.3 Å². The summed E-state index contributed by atoms with van der Waals surface area (Å²) >= 11 is 0. The Morgan fingerprint density at radius 2 is 1.56 bits per heavy atom. The summed E-state index contributed by atoms with van der Waals surface area (Å²) in [6.07, 6.45) is 5.74. The van der Waals surface area contributed by atoms with Crippen LogP contribution in [0.5, 0.6) is 0 Å². The number of allylic oxidation sites excluding steroid dienone is 1. The van der Waals surface area contributed by atoms with Crippen molar-refractivity contribution in [3.63, 3.8) is 0 Å². The van der Waals surface area contributed by atoms with Crippen LogP contribution in [0.25, 0.3) is 0 Å². The highest BCUT2D eigenvalue weighted by atomic mass is 19.1. The van der Waals surface area contributed by atoms with Crippen LogP contribution in [0.4, 0.5) is 4.39 Å². The van der Waals surface area contributed by atoms with Gasteiger partial charge in [0, 0.05) is 0 Å². The molecule has 0 amide bonds. The van der Waals surface area contributed by atoms with Crippen LogP contribution in [0.1, 0.15) is 16.7 Å². The van der Waals surface area contributed by atoms with Crippen LogP contribution in [0.15, 0.2) is 54.6 Å². The highest BCUT2D eigenvalue weighted by molar-refractivity contribution is 5.34. The van der Waals surface area contributed by atoms with Crippen molar-refractivity contribution in [2.24, 2.45) is 0 Å². The first-order valence-corrected chi connectivity index (χ1v) is 5.61. The summed E-state index contributed by atoms with van der Waals surface area (Å²) < 4.78 is 12.7. The molecule has 18 heavy (non-hydrogen) atoms. The molecule has 0 aliphatic heterocycles. The Morgan fingerprint density at radius 1 is 0.944 bits per heavy atom. The zero-order chi connectivity index (χ0) is 12.8. The molecule has 87 valence electrons. The minimum Gasteiger partial charge on any atom is -0.207 e. The lowest BCUT2D eigenvalue weighted by Gasteiger charge is -1.96. The van der Waals surface area contributed by atoms with E-state index in [1.54, 1.807) is 24.3 Å². The molecule has 2 heteroatoms. The third-order valence-corrected chi connectivity index (χ3v) is 2.53. The van der Waals surface area contributed by atoms with Gasteiger partial charge >= 0.3 is 0 Å². The molecule has 2 aromatic carbocycles. The van der Waals surface area contributed by atoms with E-state index in [2.05, 4.69) is 12.1 Å². The first-order valence-electron chi connectivity index (χ1n) is 5.61. The molecule has 0 atom stereocenters. The third-order valence-electron chi connectivity index (χ3n) is 2.53. The lowest BCUT2D eigenvalue weighted by molar-refractivity contribution is 0.627. The molecule has 0 heterocycles. The number of nitriles is 1. The molecule has 0 aliphatic rings. The van der Waals surface area contributed by atoms with Crippen molar-refractivity contribution in [1.82, 2.24) is 0 Å². The van der Waals surface area contributed by atoms with E-state index in [0.29, 0.717) is 12.0 Å². The number of hydrogen-bond acceptors (Lipinski definition) is 1. The van der Waals surface area contributed by atoms with Crippen LogP contribution >= 0.6 is 0 Å². The molecule has 2 rings (SSSR count). The second-order valence-corrected chi connectivity index (χ2v) is 3.87. The molecular formula is C16H11FN. The van der Waals surface area contributed by atoms with Crippen LogP contribution in [0, 0.1) is 23.2 Å². The Labute approximate surface area is 106 Å². The molecule has 0 aliphatic carbocycles. The van der Waals surface area contributed by atoms with Gasteiger partial charge in [-0.3, -0.25) is 0 Å². The third kappa shape index (κ3) is 3.29. The molecule has 0 saturated carbocycles. The van der Waals surface area contributed by atoms with Crippen molar-refractivity contribution in [2.75, 3.05) is 0 Å². The fourth-order valence-electron chi connectivity index (χ4n) is 1.55. The maximum Gasteiger partial charge on any atom is 0.123 e. The van der Waals surface area contributed by atoms with Crippen LogP contribution < -0.4 is 0 Å². The van der Waals surface area contributed by atoms with E-state index in [4.69, 9.17) is 5.26 Å². The molecule has 0 saturated heterocycles. The number of rotatable bonds is 3. The lowest BCUT2D eigenvalue weighted by atomic mass is 10.1. The second-order valence-electron chi connectivity index (χ2n) is 3.87. The fourth-order valence-corrected chi connectivity index (χ4v) is 1.55. The first-order chi connectivity index (χ1) is 8.78. The summed E-state index contributed by atoms with van der Waals surface area (Å²) in [6, 6.07) is 15.7. The van der Waals surface area contributed by atoms with Crippen LogP contribution in [-0.2, 0) is 6.42 Å². The first kappa shape index (κ1) is 12.1. The summed E-state index contributed by atoms with van der Waals surface area (Å²) in [7, 11) is 0. The van der Waals surface area contributed by atoms with Crippen molar-refractivity contribution in [3.05, 3.63) is 83.2 Å². The van der Waals surface area contributed by atoms with Crippen LogP contribution in [0.3, 0.4) is 0 Å². The molecule has 2 aromatic rings. The average Bonchev–Trinajstić information content (AvgIpc) is 2.42. The number of benzene rings is 2. The van der Waals surface area contributed by atoms with Gasteiger partial charge in [0.05, 0.1) is 11.6 Å². The molecule has 0 spiro atoms. The standard InChI is InChI=1S/C16H11FN/c17-16-10-8-14(9-11-16)3-1-2-13-4-6-15(12-18)7-5-13/h1,4-11H,3H2. The topological polar surface area (TPSA) is 23.8 Å². The number of hydrogen-bond donors (Lipinski definition) is 0. The minimum absolute atomic E-state index is 0.223. The molecule has 0 aromatic heterocycles. The maximum atomic E-state index is 12.7. The van der Waals surface area contributed by atoms with Crippen molar-refractivity contribution >= 4 is 0 Å². The van der Waals surface area contributed by atoms with E-state index >= 15 is 0 Å². The fraction of sp³-hybridized carbons (Fsp3) is 0.0625. The molecule has 1 nitrogen and oxygen atoms in total. The van der Waals surface area contributed by atoms with Gasteiger partial charge in [0.25, 0.3) is 0 Å². The van der Waals surface area contributed by atoms with Gasteiger partial charge in [0.15, 0.2) is 0 Å². The van der Waals surface area contributed by atoms with Gasteiger partial charge in [-0.2, -0.15) is 5.26 Å². The van der Waals surface area contributed by atoms with Crippen molar-refractivity contribution in [3.8, 4) is 6.07 Å². The SMILES string of the molecule is N#Cc1ccc([C]=CCc2ccc(F)cc2)cc1. The highest BCUT2D eigenvalue weighted by Crippen LogP contribution is 2.06. The number of nitrogens with zero attached hydrogens (tertiary/aromatic N) is 1. The summed E-state index contributed by atoms with van der Waals surface area (Å²) in [4.78, 5) is 0. The van der Waals surface area contributed by atoms with E-state index in [0.717, 1.165) is 11.1 Å². The highest BCUT2D eigenvalue weighted by Gasteiger charge is 1.92. The smallest absolute Gasteiger partial charge is 0.123 e. The summed E-state index contributed by atoms with van der Waals surface area (Å²) in [5.74, 6) is -0.223. The monoisotopic (exact) mass is 236 g/mol. The van der Waals surface area contributed by atoms with E-state index in [1.165, 1.54) is 12.1 Å². The maximum absolute atomic E-state index is 12.7. The Balaban J connectivity index is 1.98. The van der Waals surface area contributed by atoms with Gasteiger partial charge < -0.3 is 0 Å². The molecule has 0 unspecified atom stereocenters. The summed E-state index contributed by atoms with van der Waals surface area (Å²) in [5.41, 5.74) is 2.60. The predicted molar refractivity (Wildman–Crippen MR) is 68.2 cm³/mol. The minimum atomic E-state index is -0.223. The summed E-state index contributed by atoms with van der Waals surface area (Å²) in [5, 5.41) is 8.67. The molecule has 0 N–H and O–H groups in total. The molecule has 1 radical (unpaired) electrons. The van der Waals surface area contributed by atoms with Gasteiger partial charge in [-0.15, -0.1) is 0 Å². The quantitative estimate of drug-likeness (QED) is 0.798. The molecular weight excluding hydrogens is 225 g/mol. The van der Waals surface area contributed by atoms with Gasteiger partial charge in [-0.25, -0.2) is 4.39 Å². The molecule has 0 fully saturated rings. The van der Waals surface area contributed by atoms with Gasteiger partial charge in [0.1, 0.15) is 5.82 Å². The normalized spacial score (nSPS) is 10.4. The van der Waals surface area contributed by atoms with Crippen LogP contribution in [0.2, 0.25) is 0 Å². The Bertz CT molecular complexity index is 574. The van der Waals surface area contributed by atoms with Crippen molar-refractivity contribution < 1.29 is 4.39 Å². The average molecular weight is 236 g/mol. The van der Waals surface area contributed by atoms with E-state index in [9.17, 15) is 4.39 Å². The van der Waals surface area contributed by atoms with Crippen LogP contribution in [-0.4, -0.2) is 0 Å². The van der Waals surface area contributed by atoms with E-state index in [1.807, 2.05) is 18.2 Å². The van der Waals surface area contributed by atoms with Crippen molar-refractivity contribution in [1.29, 1.82) is 5.26 Å². The van der Waals surface area contributed by atoms with E-state index < -0.39 is 0 Å². The molecule has 0 bridgehead atoms. The second kappa shape index (κ2) is 5.79. The Hall–Kier alpha value is -2.40. The zero-order valence-electron chi connectivity index (χ0n) is 9.73. The lowest BCUT2D eigenvalue weighted by Crippen LogP contribution is -1.82. The van der Waals surface area contributed by atoms with E-state index in [-0.39, 0.29) is 5.82 Å². The zero-order valence-corrected chi connectivity index (χ0v) is 9.73. The Kier molecular flexibility index (Phi) is 3.88. The van der Waals surface area contributed by atoms with Crippen molar-refractivity contribution in [2.45, 2.75) is 6.42 Å². The van der Waals surface area contributed by atoms with Gasteiger partial charge in [-0.05, 0) is 47.9 Å². The largest absolute Gasteiger partial charge is 0.207 e. The van der Waals surface area contributed by atoms with Gasteiger partial charge in [0.2, 0.25) is 0 Å². The Morgan fingerprint density at radius 3 is 2.17 bits per heavy atom.